The highest BCUT2D eigenvalue weighted by Crippen LogP contribution is 2.40. The summed E-state index contributed by atoms with van der Waals surface area (Å²) in [5, 5.41) is 11.5. The van der Waals surface area contributed by atoms with E-state index in [2.05, 4.69) is 39.5 Å². The van der Waals surface area contributed by atoms with E-state index in [9.17, 15) is 4.79 Å². The highest BCUT2D eigenvalue weighted by Gasteiger charge is 2.31. The van der Waals surface area contributed by atoms with E-state index >= 15 is 0 Å². The predicted molar refractivity (Wildman–Crippen MR) is 108 cm³/mol. The van der Waals surface area contributed by atoms with Gasteiger partial charge in [0.25, 0.3) is 0 Å². The first-order chi connectivity index (χ1) is 13.7. The van der Waals surface area contributed by atoms with Crippen LogP contribution in [0.5, 0.6) is 0 Å². The molecule has 1 aromatic heterocycles. The van der Waals surface area contributed by atoms with Gasteiger partial charge in [-0.2, -0.15) is 0 Å². The van der Waals surface area contributed by atoms with E-state index in [1.54, 1.807) is 0 Å². The fraction of sp³-hybridized carbons (Fsp3) is 0.591. The minimum absolute atomic E-state index is 0.0496. The van der Waals surface area contributed by atoms with Gasteiger partial charge in [0.2, 0.25) is 17.7 Å². The third-order valence-corrected chi connectivity index (χ3v) is 5.74. The lowest BCUT2D eigenvalue weighted by Gasteiger charge is -2.29. The summed E-state index contributed by atoms with van der Waals surface area (Å²) in [5.74, 6) is 2.49. The zero-order valence-corrected chi connectivity index (χ0v) is 16.7. The molecule has 6 heteroatoms. The predicted octanol–water partition coefficient (Wildman–Crippen LogP) is 4.11. The Morgan fingerprint density at radius 3 is 2.32 bits per heavy atom. The summed E-state index contributed by atoms with van der Waals surface area (Å²) in [4.78, 5) is 14.6. The van der Waals surface area contributed by atoms with E-state index in [1.807, 2.05) is 12.1 Å². The highest BCUT2D eigenvalue weighted by atomic mass is 16.4. The van der Waals surface area contributed by atoms with Gasteiger partial charge in [0.15, 0.2) is 0 Å². The summed E-state index contributed by atoms with van der Waals surface area (Å²) in [5.41, 5.74) is 2.20. The molecule has 1 amide bonds. The molecular weight excluding hydrogens is 352 g/mol. The number of hydrogen-bond acceptors (Lipinski definition) is 5. The van der Waals surface area contributed by atoms with Crippen molar-refractivity contribution in [1.82, 2.24) is 15.1 Å². The number of aryl methyl sites for hydroxylation is 1. The van der Waals surface area contributed by atoms with Crippen LogP contribution in [0.25, 0.3) is 0 Å². The number of amides is 1. The smallest absolute Gasteiger partial charge is 0.238 e. The van der Waals surface area contributed by atoms with Crippen molar-refractivity contribution in [2.24, 2.45) is 0 Å². The number of benzene rings is 1. The third kappa shape index (κ3) is 4.98. The number of likely N-dealkylation sites (tertiary alicyclic amines) is 1. The summed E-state index contributed by atoms with van der Waals surface area (Å²) in [6, 6.07) is 8.22. The molecule has 150 valence electrons. The maximum absolute atomic E-state index is 12.4. The van der Waals surface area contributed by atoms with E-state index in [4.69, 9.17) is 4.42 Å². The van der Waals surface area contributed by atoms with Crippen molar-refractivity contribution < 1.29 is 9.21 Å². The van der Waals surface area contributed by atoms with Crippen LogP contribution in [0.3, 0.4) is 0 Å². The Bertz CT molecular complexity index is 774. The van der Waals surface area contributed by atoms with Crippen LogP contribution < -0.4 is 5.32 Å². The van der Waals surface area contributed by atoms with Crippen LogP contribution in [-0.4, -0.2) is 40.6 Å². The number of unbranched alkanes of at least 4 members (excludes halogenated alkanes) is 1. The van der Waals surface area contributed by atoms with Gasteiger partial charge >= 0.3 is 0 Å². The zero-order chi connectivity index (χ0) is 19.3. The number of piperidine rings is 1. The fourth-order valence-corrected chi connectivity index (χ4v) is 3.78. The van der Waals surface area contributed by atoms with Crippen molar-refractivity contribution >= 4 is 11.6 Å². The topological polar surface area (TPSA) is 71.3 Å². The van der Waals surface area contributed by atoms with Gasteiger partial charge < -0.3 is 9.73 Å². The van der Waals surface area contributed by atoms with E-state index in [-0.39, 0.29) is 5.91 Å². The van der Waals surface area contributed by atoms with Crippen LogP contribution in [0.15, 0.2) is 28.7 Å². The number of hydrogen-bond donors (Lipinski definition) is 1. The molecule has 1 saturated carbocycles. The van der Waals surface area contributed by atoms with Gasteiger partial charge in [-0.15, -0.1) is 10.2 Å². The first kappa shape index (κ1) is 19.1. The van der Waals surface area contributed by atoms with Crippen LogP contribution in [0.4, 0.5) is 5.69 Å². The number of nitrogens with one attached hydrogen (secondary N) is 1. The Balaban J connectivity index is 1.21. The normalized spacial score (nSPS) is 18.3. The number of carbonyl (C=O) groups is 1. The molecule has 0 bridgehead atoms. The maximum atomic E-state index is 12.4. The van der Waals surface area contributed by atoms with E-state index in [0.717, 1.165) is 49.8 Å². The van der Waals surface area contributed by atoms with Crippen LogP contribution in [0.2, 0.25) is 0 Å². The molecule has 4 rings (SSSR count). The van der Waals surface area contributed by atoms with Gasteiger partial charge in [-0.1, -0.05) is 25.5 Å². The van der Waals surface area contributed by atoms with Gasteiger partial charge in [0.05, 0.1) is 6.54 Å². The lowest BCUT2D eigenvalue weighted by molar-refractivity contribution is -0.117. The molecule has 2 aliphatic rings. The molecule has 2 aromatic rings. The fourth-order valence-electron chi connectivity index (χ4n) is 3.78. The molecule has 2 fully saturated rings. The first-order valence-corrected chi connectivity index (χ1v) is 10.7. The number of nitrogens with zero attached hydrogens (tertiary/aromatic N) is 3. The minimum atomic E-state index is 0.0496. The first-order valence-electron chi connectivity index (χ1n) is 10.7. The van der Waals surface area contributed by atoms with Gasteiger partial charge in [0.1, 0.15) is 0 Å². The molecule has 0 radical (unpaired) electrons. The Morgan fingerprint density at radius 2 is 1.71 bits per heavy atom. The number of carbonyl (C=O) groups excluding carboxylic acids is 1. The molecule has 0 atom stereocenters. The highest BCUT2D eigenvalue weighted by molar-refractivity contribution is 5.92. The molecule has 1 aromatic carbocycles. The molecule has 0 unspecified atom stereocenters. The summed E-state index contributed by atoms with van der Waals surface area (Å²) in [6.45, 7) is 4.40. The van der Waals surface area contributed by atoms with Gasteiger partial charge in [-0.25, -0.2) is 0 Å². The average Bonchev–Trinajstić information content (AvgIpc) is 3.45. The van der Waals surface area contributed by atoms with Crippen molar-refractivity contribution in [3.63, 3.8) is 0 Å². The summed E-state index contributed by atoms with van der Waals surface area (Å²) >= 11 is 0. The lowest BCUT2D eigenvalue weighted by atomic mass is 9.97. The Labute approximate surface area is 166 Å². The summed E-state index contributed by atoms with van der Waals surface area (Å²) < 4.78 is 5.86. The monoisotopic (exact) mass is 382 g/mol. The van der Waals surface area contributed by atoms with Crippen molar-refractivity contribution in [2.45, 2.75) is 63.7 Å². The van der Waals surface area contributed by atoms with Gasteiger partial charge in [-0.05, 0) is 69.3 Å². The van der Waals surface area contributed by atoms with E-state index in [1.165, 1.54) is 31.2 Å². The second-order valence-corrected chi connectivity index (χ2v) is 8.15. The van der Waals surface area contributed by atoms with Gasteiger partial charge in [0, 0.05) is 17.5 Å². The van der Waals surface area contributed by atoms with Crippen molar-refractivity contribution in [3.05, 3.63) is 41.6 Å². The van der Waals surface area contributed by atoms with E-state index < -0.39 is 0 Å². The van der Waals surface area contributed by atoms with Crippen LogP contribution in [-0.2, 0) is 11.2 Å². The van der Waals surface area contributed by atoms with Crippen molar-refractivity contribution in [3.8, 4) is 0 Å². The summed E-state index contributed by atoms with van der Waals surface area (Å²) in [6.07, 6.45) is 7.78. The quantitative estimate of drug-likeness (QED) is 0.744. The maximum Gasteiger partial charge on any atom is 0.238 e. The largest absolute Gasteiger partial charge is 0.425 e. The van der Waals surface area contributed by atoms with Crippen molar-refractivity contribution in [2.75, 3.05) is 25.0 Å². The third-order valence-electron chi connectivity index (χ3n) is 5.74. The van der Waals surface area contributed by atoms with E-state index in [0.29, 0.717) is 18.4 Å². The molecule has 1 N–H and O–H groups in total. The Morgan fingerprint density at radius 1 is 1.07 bits per heavy atom. The second kappa shape index (κ2) is 8.86. The second-order valence-electron chi connectivity index (χ2n) is 8.15. The van der Waals surface area contributed by atoms with Crippen LogP contribution in [0.1, 0.15) is 74.6 Å². The average molecular weight is 383 g/mol. The molecule has 2 heterocycles. The summed E-state index contributed by atoms with van der Waals surface area (Å²) in [7, 11) is 0. The Hall–Kier alpha value is -2.21. The standard InChI is InChI=1S/C22H30N4O2/c1-2-3-4-16-5-9-19(10-6-16)23-20(27)15-26-13-11-18(12-14-26)22-25-24-21(28-22)17-7-8-17/h5-6,9-10,17-18H,2-4,7-8,11-15H2,1H3,(H,23,27). The van der Waals surface area contributed by atoms with Crippen molar-refractivity contribution in [1.29, 1.82) is 0 Å². The van der Waals surface area contributed by atoms with Crippen LogP contribution >= 0.6 is 0 Å². The SMILES string of the molecule is CCCCc1ccc(NC(=O)CN2CCC(c3nnc(C4CC4)o3)CC2)cc1. The number of anilines is 1. The Kier molecular flexibility index (Phi) is 6.05. The molecule has 6 nitrogen and oxygen atoms in total. The molecule has 0 spiro atoms. The molecule has 1 saturated heterocycles. The number of rotatable bonds is 8. The molecular formula is C22H30N4O2. The zero-order valence-electron chi connectivity index (χ0n) is 16.7. The minimum Gasteiger partial charge on any atom is -0.425 e. The number of aromatic nitrogens is 2. The van der Waals surface area contributed by atoms with Crippen LogP contribution in [0, 0.1) is 0 Å². The molecule has 1 aliphatic carbocycles. The lowest BCUT2D eigenvalue weighted by Crippen LogP contribution is -2.38. The van der Waals surface area contributed by atoms with Gasteiger partial charge in [-0.3, -0.25) is 9.69 Å². The molecule has 28 heavy (non-hydrogen) atoms. The molecule has 1 aliphatic heterocycles.